The monoisotopic (exact) mass is 263 g/mol. The molecule has 3 heteroatoms. The first kappa shape index (κ1) is 12.9. The van der Waals surface area contributed by atoms with Crippen molar-refractivity contribution < 1.29 is 9.13 Å². The Labute approximate surface area is 114 Å². The van der Waals surface area contributed by atoms with Crippen LogP contribution in [0.3, 0.4) is 0 Å². The van der Waals surface area contributed by atoms with E-state index in [-0.39, 0.29) is 11.9 Å². The van der Waals surface area contributed by atoms with E-state index in [9.17, 15) is 4.39 Å². The van der Waals surface area contributed by atoms with Gasteiger partial charge in [0.25, 0.3) is 0 Å². The molecule has 1 saturated carbocycles. The van der Waals surface area contributed by atoms with Gasteiger partial charge in [-0.25, -0.2) is 4.39 Å². The SMILES string of the molecule is NC1CCCCC(CC2Cc3cc(F)ccc3O2)C1. The van der Waals surface area contributed by atoms with Crippen LogP contribution < -0.4 is 10.5 Å². The fourth-order valence-corrected chi connectivity index (χ4v) is 3.51. The number of benzene rings is 1. The lowest BCUT2D eigenvalue weighted by atomic mass is 9.91. The van der Waals surface area contributed by atoms with Crippen LogP contribution in [0.2, 0.25) is 0 Å². The molecule has 2 aliphatic rings. The van der Waals surface area contributed by atoms with E-state index in [4.69, 9.17) is 10.5 Å². The number of fused-ring (bicyclic) bond motifs is 1. The van der Waals surface area contributed by atoms with Crippen molar-refractivity contribution in [3.8, 4) is 5.75 Å². The molecular formula is C16H22FNO. The lowest BCUT2D eigenvalue weighted by Crippen LogP contribution is -2.25. The summed E-state index contributed by atoms with van der Waals surface area (Å²) in [5.41, 5.74) is 7.13. The second kappa shape index (κ2) is 5.49. The van der Waals surface area contributed by atoms with Gasteiger partial charge in [-0.3, -0.25) is 0 Å². The van der Waals surface area contributed by atoms with E-state index >= 15 is 0 Å². The second-order valence-corrected chi connectivity index (χ2v) is 6.08. The van der Waals surface area contributed by atoms with E-state index in [1.54, 1.807) is 12.1 Å². The van der Waals surface area contributed by atoms with Gasteiger partial charge in [0.05, 0.1) is 0 Å². The maximum absolute atomic E-state index is 13.2. The first-order valence-corrected chi connectivity index (χ1v) is 7.41. The summed E-state index contributed by atoms with van der Waals surface area (Å²) < 4.78 is 19.1. The molecule has 1 fully saturated rings. The van der Waals surface area contributed by atoms with Crippen LogP contribution in [0.1, 0.15) is 44.1 Å². The number of halogens is 1. The van der Waals surface area contributed by atoms with Crippen LogP contribution in [0.15, 0.2) is 18.2 Å². The molecule has 0 radical (unpaired) electrons. The molecule has 19 heavy (non-hydrogen) atoms. The zero-order valence-corrected chi connectivity index (χ0v) is 11.3. The van der Waals surface area contributed by atoms with E-state index in [0.29, 0.717) is 12.0 Å². The van der Waals surface area contributed by atoms with Crippen molar-refractivity contribution >= 4 is 0 Å². The smallest absolute Gasteiger partial charge is 0.123 e. The molecule has 3 rings (SSSR count). The fraction of sp³-hybridized carbons (Fsp3) is 0.625. The third-order valence-corrected chi connectivity index (χ3v) is 4.43. The van der Waals surface area contributed by atoms with Gasteiger partial charge in [0, 0.05) is 18.0 Å². The molecule has 0 saturated heterocycles. The molecule has 104 valence electrons. The Bertz CT molecular complexity index is 448. The van der Waals surface area contributed by atoms with E-state index < -0.39 is 0 Å². The van der Waals surface area contributed by atoms with E-state index in [1.807, 2.05) is 0 Å². The Kier molecular flexibility index (Phi) is 3.74. The largest absolute Gasteiger partial charge is 0.490 e. The van der Waals surface area contributed by atoms with Gasteiger partial charge in [0.1, 0.15) is 17.7 Å². The van der Waals surface area contributed by atoms with Crippen molar-refractivity contribution in [1.29, 1.82) is 0 Å². The maximum atomic E-state index is 13.2. The zero-order valence-electron chi connectivity index (χ0n) is 11.3. The maximum Gasteiger partial charge on any atom is 0.123 e. The quantitative estimate of drug-likeness (QED) is 0.830. The van der Waals surface area contributed by atoms with E-state index in [1.165, 1.54) is 25.3 Å². The van der Waals surface area contributed by atoms with Crippen LogP contribution in [0.25, 0.3) is 0 Å². The minimum absolute atomic E-state index is 0.167. The molecule has 2 nitrogen and oxygen atoms in total. The van der Waals surface area contributed by atoms with Gasteiger partial charge in [-0.15, -0.1) is 0 Å². The van der Waals surface area contributed by atoms with Crippen LogP contribution in [0.5, 0.6) is 5.75 Å². The fourth-order valence-electron chi connectivity index (χ4n) is 3.51. The highest BCUT2D eigenvalue weighted by molar-refractivity contribution is 5.37. The average Bonchev–Trinajstić information content (AvgIpc) is 2.63. The molecule has 1 aliphatic carbocycles. The van der Waals surface area contributed by atoms with Crippen LogP contribution in [0, 0.1) is 11.7 Å². The van der Waals surface area contributed by atoms with Gasteiger partial charge in [0.15, 0.2) is 0 Å². The lowest BCUT2D eigenvalue weighted by Gasteiger charge is -2.20. The molecule has 1 aromatic carbocycles. The Balaban J connectivity index is 1.60. The average molecular weight is 263 g/mol. The van der Waals surface area contributed by atoms with Gasteiger partial charge in [-0.1, -0.05) is 19.3 Å². The lowest BCUT2D eigenvalue weighted by molar-refractivity contribution is 0.185. The highest BCUT2D eigenvalue weighted by Crippen LogP contribution is 2.34. The van der Waals surface area contributed by atoms with Crippen molar-refractivity contribution in [1.82, 2.24) is 0 Å². The molecule has 0 amide bonds. The van der Waals surface area contributed by atoms with Crippen LogP contribution in [0.4, 0.5) is 4.39 Å². The third-order valence-electron chi connectivity index (χ3n) is 4.43. The van der Waals surface area contributed by atoms with Crippen molar-refractivity contribution in [2.45, 2.75) is 57.1 Å². The molecule has 0 bridgehead atoms. The van der Waals surface area contributed by atoms with Gasteiger partial charge in [0.2, 0.25) is 0 Å². The molecule has 2 N–H and O–H groups in total. The molecule has 3 atom stereocenters. The van der Waals surface area contributed by atoms with Crippen LogP contribution >= 0.6 is 0 Å². The minimum Gasteiger partial charge on any atom is -0.490 e. The molecule has 3 unspecified atom stereocenters. The Morgan fingerprint density at radius 3 is 3.00 bits per heavy atom. The Morgan fingerprint density at radius 2 is 2.11 bits per heavy atom. The topological polar surface area (TPSA) is 35.2 Å². The van der Waals surface area contributed by atoms with Crippen molar-refractivity contribution in [3.05, 3.63) is 29.6 Å². The van der Waals surface area contributed by atoms with E-state index in [2.05, 4.69) is 0 Å². The third kappa shape index (κ3) is 3.08. The van der Waals surface area contributed by atoms with Crippen molar-refractivity contribution in [2.24, 2.45) is 11.7 Å². The Morgan fingerprint density at radius 1 is 1.26 bits per heavy atom. The first-order valence-electron chi connectivity index (χ1n) is 7.41. The van der Waals surface area contributed by atoms with Crippen molar-refractivity contribution in [2.75, 3.05) is 0 Å². The number of hydrogen-bond donors (Lipinski definition) is 1. The van der Waals surface area contributed by atoms with Crippen LogP contribution in [-0.4, -0.2) is 12.1 Å². The highest BCUT2D eigenvalue weighted by atomic mass is 19.1. The summed E-state index contributed by atoms with van der Waals surface area (Å²) in [6.45, 7) is 0. The second-order valence-electron chi connectivity index (χ2n) is 6.08. The van der Waals surface area contributed by atoms with Gasteiger partial charge >= 0.3 is 0 Å². The first-order chi connectivity index (χ1) is 9.20. The number of ether oxygens (including phenoxy) is 1. The summed E-state index contributed by atoms with van der Waals surface area (Å²) in [5, 5.41) is 0. The minimum atomic E-state index is -0.167. The summed E-state index contributed by atoms with van der Waals surface area (Å²) in [6, 6.07) is 5.19. The number of hydrogen-bond acceptors (Lipinski definition) is 2. The number of nitrogens with two attached hydrogens (primary N) is 1. The summed E-state index contributed by atoms with van der Waals surface area (Å²) in [7, 11) is 0. The molecule has 1 aliphatic heterocycles. The standard InChI is InChI=1S/C16H22FNO/c17-13-5-6-16-12(9-13)10-15(19-16)8-11-3-1-2-4-14(18)7-11/h5-6,9,11,14-15H,1-4,7-8,10,18H2. The Hall–Kier alpha value is -1.09. The molecular weight excluding hydrogens is 241 g/mol. The zero-order chi connectivity index (χ0) is 13.2. The highest BCUT2D eigenvalue weighted by Gasteiger charge is 2.27. The summed E-state index contributed by atoms with van der Waals surface area (Å²) in [5.74, 6) is 1.37. The molecule has 1 aromatic rings. The summed E-state index contributed by atoms with van der Waals surface area (Å²) in [6.07, 6.45) is 8.20. The molecule has 0 aromatic heterocycles. The summed E-state index contributed by atoms with van der Waals surface area (Å²) in [4.78, 5) is 0. The van der Waals surface area contributed by atoms with Gasteiger partial charge in [-0.2, -0.15) is 0 Å². The summed E-state index contributed by atoms with van der Waals surface area (Å²) >= 11 is 0. The van der Waals surface area contributed by atoms with Crippen LogP contribution in [-0.2, 0) is 6.42 Å². The predicted octanol–water partition coefficient (Wildman–Crippen LogP) is 3.43. The van der Waals surface area contributed by atoms with E-state index in [0.717, 1.165) is 37.0 Å². The normalized spacial score (nSPS) is 30.5. The van der Waals surface area contributed by atoms with Gasteiger partial charge < -0.3 is 10.5 Å². The number of rotatable bonds is 2. The van der Waals surface area contributed by atoms with Crippen molar-refractivity contribution in [3.63, 3.8) is 0 Å². The molecule has 1 heterocycles. The predicted molar refractivity (Wildman–Crippen MR) is 73.7 cm³/mol. The van der Waals surface area contributed by atoms with Gasteiger partial charge in [-0.05, 0) is 43.4 Å². The molecule has 0 spiro atoms.